The van der Waals surface area contributed by atoms with E-state index in [1.807, 2.05) is 13.8 Å². The molecule has 0 aromatic carbocycles. The summed E-state index contributed by atoms with van der Waals surface area (Å²) in [5.74, 6) is 0.787. The molecule has 1 heterocycles. The molecule has 0 saturated heterocycles. The molecule has 0 radical (unpaired) electrons. The van der Waals surface area contributed by atoms with Crippen molar-refractivity contribution in [1.82, 2.24) is 9.97 Å². The highest BCUT2D eigenvalue weighted by molar-refractivity contribution is 5.75. The van der Waals surface area contributed by atoms with Gasteiger partial charge in [-0.15, -0.1) is 0 Å². The summed E-state index contributed by atoms with van der Waals surface area (Å²) in [5, 5.41) is 3.10. The predicted molar refractivity (Wildman–Crippen MR) is 62.7 cm³/mol. The number of nitrogens with zero attached hydrogens (tertiary/aromatic N) is 2. The first kappa shape index (κ1) is 12.2. The Hall–Kier alpha value is -1.85. The fraction of sp³-hybridized carbons (Fsp3) is 0.500. The molecular formula is C10H17N5O. The smallest absolute Gasteiger partial charge is 0.219 e. The molecule has 0 aliphatic carbocycles. The van der Waals surface area contributed by atoms with Crippen molar-refractivity contribution in [2.45, 2.75) is 32.7 Å². The summed E-state index contributed by atoms with van der Waals surface area (Å²) in [6.45, 7) is 3.83. The van der Waals surface area contributed by atoms with E-state index in [2.05, 4.69) is 15.3 Å². The molecule has 1 amide bonds. The van der Waals surface area contributed by atoms with Crippen molar-refractivity contribution in [3.63, 3.8) is 0 Å². The minimum atomic E-state index is -0.347. The van der Waals surface area contributed by atoms with Crippen molar-refractivity contribution in [1.29, 1.82) is 0 Å². The second-order valence-electron chi connectivity index (χ2n) is 3.66. The molecule has 1 unspecified atom stereocenters. The van der Waals surface area contributed by atoms with Gasteiger partial charge in [0.2, 0.25) is 5.91 Å². The van der Waals surface area contributed by atoms with E-state index in [1.54, 1.807) is 0 Å². The van der Waals surface area contributed by atoms with Crippen LogP contribution in [0.2, 0.25) is 0 Å². The number of primary amides is 1. The van der Waals surface area contributed by atoms with Crippen molar-refractivity contribution in [2.75, 3.05) is 11.1 Å². The quantitative estimate of drug-likeness (QED) is 0.665. The first-order chi connectivity index (χ1) is 7.54. The van der Waals surface area contributed by atoms with E-state index in [1.165, 1.54) is 6.33 Å². The van der Waals surface area contributed by atoms with Crippen LogP contribution in [-0.2, 0) is 11.2 Å². The zero-order valence-corrected chi connectivity index (χ0v) is 9.53. The van der Waals surface area contributed by atoms with Crippen LogP contribution in [0, 0.1) is 0 Å². The Morgan fingerprint density at radius 2 is 2.25 bits per heavy atom. The molecule has 6 nitrogen and oxygen atoms in total. The third-order valence-corrected chi connectivity index (χ3v) is 2.22. The van der Waals surface area contributed by atoms with Gasteiger partial charge in [0.1, 0.15) is 18.0 Å². The van der Waals surface area contributed by atoms with Gasteiger partial charge in [-0.25, -0.2) is 9.97 Å². The normalized spacial score (nSPS) is 12.1. The van der Waals surface area contributed by atoms with Gasteiger partial charge in [0.05, 0.1) is 0 Å². The minimum Gasteiger partial charge on any atom is -0.383 e. The number of rotatable bonds is 5. The molecule has 1 rings (SSSR count). The monoisotopic (exact) mass is 223 g/mol. The lowest BCUT2D eigenvalue weighted by Crippen LogP contribution is -2.25. The summed E-state index contributed by atoms with van der Waals surface area (Å²) >= 11 is 0. The number of nitrogens with one attached hydrogen (secondary N) is 1. The maximum absolute atomic E-state index is 10.7. The number of hydrogen-bond donors (Lipinski definition) is 3. The summed E-state index contributed by atoms with van der Waals surface area (Å²) in [5.41, 5.74) is 11.7. The molecular weight excluding hydrogens is 206 g/mol. The third-order valence-electron chi connectivity index (χ3n) is 2.22. The Balaban J connectivity index is 2.80. The molecule has 0 saturated carbocycles. The molecule has 5 N–H and O–H groups in total. The van der Waals surface area contributed by atoms with Crippen LogP contribution in [0.1, 0.15) is 25.8 Å². The van der Waals surface area contributed by atoms with E-state index in [4.69, 9.17) is 11.5 Å². The fourth-order valence-electron chi connectivity index (χ4n) is 1.49. The Morgan fingerprint density at radius 3 is 2.81 bits per heavy atom. The van der Waals surface area contributed by atoms with Gasteiger partial charge in [0, 0.05) is 18.0 Å². The van der Waals surface area contributed by atoms with Gasteiger partial charge in [-0.05, 0) is 13.3 Å². The van der Waals surface area contributed by atoms with Crippen molar-refractivity contribution in [3.8, 4) is 0 Å². The Morgan fingerprint density at radius 1 is 1.56 bits per heavy atom. The van der Waals surface area contributed by atoms with Crippen molar-refractivity contribution in [2.24, 2.45) is 5.73 Å². The molecule has 0 aliphatic heterocycles. The van der Waals surface area contributed by atoms with Gasteiger partial charge < -0.3 is 16.8 Å². The van der Waals surface area contributed by atoms with Crippen molar-refractivity contribution >= 4 is 17.5 Å². The van der Waals surface area contributed by atoms with Crippen LogP contribution in [0.5, 0.6) is 0 Å². The van der Waals surface area contributed by atoms with Crippen LogP contribution in [0.4, 0.5) is 11.6 Å². The van der Waals surface area contributed by atoms with E-state index in [-0.39, 0.29) is 18.4 Å². The molecule has 0 fully saturated rings. The average Bonchev–Trinajstić information content (AvgIpc) is 2.16. The molecule has 88 valence electrons. The van der Waals surface area contributed by atoms with Crippen LogP contribution >= 0.6 is 0 Å². The molecule has 6 heteroatoms. The molecule has 0 bridgehead atoms. The van der Waals surface area contributed by atoms with Crippen molar-refractivity contribution < 1.29 is 4.79 Å². The predicted octanol–water partition coefficient (Wildman–Crippen LogP) is 0.297. The van der Waals surface area contributed by atoms with E-state index in [0.717, 1.165) is 12.0 Å². The summed E-state index contributed by atoms with van der Waals surface area (Å²) in [6, 6.07) is -0.0721. The highest BCUT2D eigenvalue weighted by Crippen LogP contribution is 2.18. The van der Waals surface area contributed by atoms with E-state index < -0.39 is 0 Å². The summed E-state index contributed by atoms with van der Waals surface area (Å²) < 4.78 is 0. The minimum absolute atomic E-state index is 0.0721. The lowest BCUT2D eigenvalue weighted by Gasteiger charge is -2.15. The van der Waals surface area contributed by atoms with Crippen LogP contribution in [0.25, 0.3) is 0 Å². The largest absolute Gasteiger partial charge is 0.383 e. The molecule has 1 atom stereocenters. The van der Waals surface area contributed by atoms with Gasteiger partial charge >= 0.3 is 0 Å². The SMILES string of the molecule is CCc1c(N)ncnc1NC(C)CC(N)=O. The molecule has 0 spiro atoms. The second-order valence-corrected chi connectivity index (χ2v) is 3.66. The molecule has 1 aromatic rings. The van der Waals surface area contributed by atoms with Gasteiger partial charge in [-0.1, -0.05) is 6.92 Å². The van der Waals surface area contributed by atoms with Crippen LogP contribution < -0.4 is 16.8 Å². The van der Waals surface area contributed by atoms with Crippen LogP contribution in [0.15, 0.2) is 6.33 Å². The van der Waals surface area contributed by atoms with Crippen LogP contribution in [-0.4, -0.2) is 21.9 Å². The van der Waals surface area contributed by atoms with E-state index in [9.17, 15) is 4.79 Å². The Kier molecular flexibility index (Phi) is 4.04. The third kappa shape index (κ3) is 3.08. The number of carbonyl (C=O) groups excluding carboxylic acids is 1. The summed E-state index contributed by atoms with van der Waals surface area (Å²) in [6.07, 6.45) is 2.39. The maximum atomic E-state index is 10.7. The Labute approximate surface area is 94.5 Å². The summed E-state index contributed by atoms with van der Waals surface area (Å²) in [7, 11) is 0. The number of amides is 1. The number of nitrogens with two attached hydrogens (primary N) is 2. The van der Waals surface area contributed by atoms with E-state index in [0.29, 0.717) is 11.6 Å². The topological polar surface area (TPSA) is 107 Å². The van der Waals surface area contributed by atoms with E-state index >= 15 is 0 Å². The molecule has 1 aromatic heterocycles. The standard InChI is InChI=1S/C10H17N5O/c1-3-7-9(12)13-5-14-10(7)15-6(2)4-8(11)16/h5-6H,3-4H2,1-2H3,(H2,11,16)(H3,12,13,14,15). The molecule has 16 heavy (non-hydrogen) atoms. The number of nitrogen functional groups attached to an aromatic ring is 1. The number of carbonyl (C=O) groups is 1. The first-order valence-electron chi connectivity index (χ1n) is 5.18. The second kappa shape index (κ2) is 5.29. The number of anilines is 2. The zero-order chi connectivity index (χ0) is 12.1. The summed E-state index contributed by atoms with van der Waals surface area (Å²) in [4.78, 5) is 18.8. The fourth-order valence-corrected chi connectivity index (χ4v) is 1.49. The molecule has 0 aliphatic rings. The lowest BCUT2D eigenvalue weighted by molar-refractivity contribution is -0.118. The number of aromatic nitrogens is 2. The van der Waals surface area contributed by atoms with Gasteiger partial charge in [0.15, 0.2) is 0 Å². The van der Waals surface area contributed by atoms with Gasteiger partial charge in [-0.2, -0.15) is 0 Å². The Bertz CT molecular complexity index is 379. The number of hydrogen-bond acceptors (Lipinski definition) is 5. The highest BCUT2D eigenvalue weighted by Gasteiger charge is 2.11. The van der Waals surface area contributed by atoms with Crippen molar-refractivity contribution in [3.05, 3.63) is 11.9 Å². The highest BCUT2D eigenvalue weighted by atomic mass is 16.1. The van der Waals surface area contributed by atoms with Crippen LogP contribution in [0.3, 0.4) is 0 Å². The van der Waals surface area contributed by atoms with Gasteiger partial charge in [-0.3, -0.25) is 4.79 Å². The zero-order valence-electron chi connectivity index (χ0n) is 9.53. The maximum Gasteiger partial charge on any atom is 0.219 e. The first-order valence-corrected chi connectivity index (χ1v) is 5.18. The average molecular weight is 223 g/mol. The lowest BCUT2D eigenvalue weighted by atomic mass is 10.2. The van der Waals surface area contributed by atoms with Gasteiger partial charge in [0.25, 0.3) is 0 Å².